The molecule has 2 aromatic rings. The molecule has 2 aliphatic rings. The number of likely N-dealkylation sites (tertiary alicyclic amines) is 1. The fourth-order valence-corrected chi connectivity index (χ4v) is 4.56. The second kappa shape index (κ2) is 8.15. The Balaban J connectivity index is 1.66. The largest absolute Gasteiger partial charge is 0.312 e. The van der Waals surface area contributed by atoms with Crippen LogP contribution in [0.4, 0.5) is 5.69 Å². The minimum absolute atomic E-state index is 0.138. The third-order valence-corrected chi connectivity index (χ3v) is 6.30. The number of rotatable bonds is 4. The van der Waals surface area contributed by atoms with Gasteiger partial charge in [-0.25, -0.2) is 4.59 Å². The first-order valence-electron chi connectivity index (χ1n) is 9.59. The third-order valence-electron chi connectivity index (χ3n) is 5.51. The quantitative estimate of drug-likeness (QED) is 0.646. The molecule has 0 spiro atoms. The second-order valence-electron chi connectivity index (χ2n) is 7.75. The van der Waals surface area contributed by atoms with Gasteiger partial charge in [0.1, 0.15) is 18.8 Å². The molecule has 0 saturated carbocycles. The monoisotopic (exact) mass is 451 g/mol. The van der Waals surface area contributed by atoms with Crippen molar-refractivity contribution in [1.29, 1.82) is 0 Å². The van der Waals surface area contributed by atoms with E-state index in [9.17, 15) is 4.79 Å². The van der Waals surface area contributed by atoms with E-state index in [1.807, 2.05) is 37.4 Å². The van der Waals surface area contributed by atoms with E-state index in [1.165, 1.54) is 0 Å². The highest BCUT2D eigenvalue weighted by molar-refractivity contribution is 6.40. The number of hydrogen-bond donors (Lipinski definition) is 1. The summed E-state index contributed by atoms with van der Waals surface area (Å²) in [5.74, 6) is -0.138. The molecule has 0 radical (unpaired) electrons. The number of nitrogens with zero attached hydrogens (tertiary/aromatic N) is 3. The summed E-state index contributed by atoms with van der Waals surface area (Å²) >= 11 is 18.6. The van der Waals surface area contributed by atoms with Gasteiger partial charge in [-0.15, -0.1) is 0 Å². The Morgan fingerprint density at radius 1 is 1.07 bits per heavy atom. The lowest BCUT2D eigenvalue weighted by molar-refractivity contribution is -0.931. The minimum atomic E-state index is -0.157. The van der Waals surface area contributed by atoms with Crippen LogP contribution >= 0.6 is 34.8 Å². The first kappa shape index (κ1) is 20.5. The van der Waals surface area contributed by atoms with E-state index in [0.717, 1.165) is 31.5 Å². The van der Waals surface area contributed by atoms with E-state index in [-0.39, 0.29) is 11.9 Å². The maximum absolute atomic E-state index is 13.0. The highest BCUT2D eigenvalue weighted by atomic mass is 35.5. The summed E-state index contributed by atoms with van der Waals surface area (Å²) in [6.07, 6.45) is 2.71. The number of hydrogen-bond acceptors (Lipinski definition) is 3. The van der Waals surface area contributed by atoms with Gasteiger partial charge in [0.25, 0.3) is 0 Å². The summed E-state index contributed by atoms with van der Waals surface area (Å²) in [6, 6.07) is 12.7. The van der Waals surface area contributed by atoms with Gasteiger partial charge in [0, 0.05) is 29.3 Å². The number of amides is 1. The summed E-state index contributed by atoms with van der Waals surface area (Å²) in [5.41, 5.74) is 5.34. The lowest BCUT2D eigenvalue weighted by Crippen LogP contribution is -2.56. The molecule has 2 heterocycles. The Labute approximate surface area is 185 Å². The molecule has 1 atom stereocenters. The lowest BCUT2D eigenvalue weighted by Gasteiger charge is -2.28. The van der Waals surface area contributed by atoms with Gasteiger partial charge < -0.3 is 0 Å². The van der Waals surface area contributed by atoms with Gasteiger partial charge in [-0.05, 0) is 35.9 Å². The van der Waals surface area contributed by atoms with E-state index >= 15 is 0 Å². The molecule has 1 saturated heterocycles. The average molecular weight is 453 g/mol. The van der Waals surface area contributed by atoms with Crippen molar-refractivity contribution in [3.05, 3.63) is 63.1 Å². The van der Waals surface area contributed by atoms with Crippen LogP contribution in [0.2, 0.25) is 15.1 Å². The topological polar surface area (TPSA) is 44.7 Å². The number of benzene rings is 2. The fourth-order valence-electron chi connectivity index (χ4n) is 3.94. The Kier molecular flexibility index (Phi) is 5.76. The Hall–Kier alpha value is -1.79. The van der Waals surface area contributed by atoms with Gasteiger partial charge in [-0.1, -0.05) is 46.9 Å². The molecule has 2 aliphatic heterocycles. The summed E-state index contributed by atoms with van der Waals surface area (Å²) in [5, 5.41) is 8.17. The predicted octanol–water partition coefficient (Wildman–Crippen LogP) is 5.23. The van der Waals surface area contributed by atoms with Crippen molar-refractivity contribution in [3.8, 4) is 0 Å². The van der Waals surface area contributed by atoms with Crippen LogP contribution in [0.25, 0.3) is 0 Å². The van der Waals surface area contributed by atoms with Crippen molar-refractivity contribution in [3.63, 3.8) is 0 Å². The van der Waals surface area contributed by atoms with E-state index in [4.69, 9.17) is 34.8 Å². The average Bonchev–Trinajstić information content (AvgIpc) is 3.29. The maximum atomic E-state index is 13.0. The summed E-state index contributed by atoms with van der Waals surface area (Å²) in [4.78, 5) is 13.0. The molecule has 152 valence electrons. The van der Waals surface area contributed by atoms with Crippen molar-refractivity contribution in [2.75, 3.05) is 25.1 Å². The van der Waals surface area contributed by atoms with E-state index in [1.54, 1.807) is 17.1 Å². The number of nitrogens with one attached hydrogen (secondary N) is 1. The van der Waals surface area contributed by atoms with Crippen LogP contribution < -0.4 is 10.4 Å². The van der Waals surface area contributed by atoms with E-state index in [2.05, 4.69) is 10.5 Å². The summed E-state index contributed by atoms with van der Waals surface area (Å²) in [6.45, 7) is 1.87. The van der Waals surface area contributed by atoms with Crippen LogP contribution in [0.3, 0.4) is 0 Å². The predicted molar refractivity (Wildman–Crippen MR) is 118 cm³/mol. The van der Waals surface area contributed by atoms with Crippen LogP contribution in [-0.2, 0) is 4.79 Å². The van der Waals surface area contributed by atoms with Crippen LogP contribution in [0.15, 0.2) is 47.6 Å². The first-order valence-corrected chi connectivity index (χ1v) is 10.7. The zero-order chi connectivity index (χ0) is 20.6. The normalized spacial score (nSPS) is 20.6. The molecule has 29 heavy (non-hydrogen) atoms. The van der Waals surface area contributed by atoms with Crippen LogP contribution in [0, 0.1) is 0 Å². The van der Waals surface area contributed by atoms with Crippen LogP contribution in [0.5, 0.6) is 0 Å². The number of carbonyl (C=O) groups excluding carboxylic acids is 1. The van der Waals surface area contributed by atoms with E-state index < -0.39 is 0 Å². The highest BCUT2D eigenvalue weighted by Gasteiger charge is 2.37. The molecule has 1 fully saturated rings. The molecule has 0 aliphatic carbocycles. The Morgan fingerprint density at radius 2 is 1.72 bits per heavy atom. The zero-order valence-electron chi connectivity index (χ0n) is 16.0. The van der Waals surface area contributed by atoms with Crippen molar-refractivity contribution in [1.82, 2.24) is 5.43 Å². The van der Waals surface area contributed by atoms with Gasteiger partial charge in [-0.2, -0.15) is 10.5 Å². The van der Waals surface area contributed by atoms with Gasteiger partial charge in [-0.3, -0.25) is 9.80 Å². The van der Waals surface area contributed by atoms with Crippen molar-refractivity contribution < 1.29 is 9.39 Å². The number of carbonyl (C=O) groups is 1. The van der Waals surface area contributed by atoms with E-state index in [0.29, 0.717) is 37.5 Å². The highest BCUT2D eigenvalue weighted by Crippen LogP contribution is 2.40. The standard InChI is InChI=1S/C21H21Cl3N4O/c1-28(10-2-3-11-28)26-21(29)18-13-20(14-4-6-15(22)7-5-14)27(25-18)19-9-8-16(23)12-17(19)24/h4-9,12,20H,2-3,10-11,13H2,1H3/p+1. The van der Waals surface area contributed by atoms with Gasteiger partial charge >= 0.3 is 5.91 Å². The summed E-state index contributed by atoms with van der Waals surface area (Å²) < 4.78 is 0.547. The molecule has 8 heteroatoms. The SMILES string of the molecule is C[N+]1(NC(=O)C2=NN(c3ccc(Cl)cc3Cl)C(c3ccc(Cl)cc3)C2)CCCC1. The first-order chi connectivity index (χ1) is 13.8. The fraction of sp³-hybridized carbons (Fsp3) is 0.333. The Morgan fingerprint density at radius 3 is 2.38 bits per heavy atom. The molecule has 1 unspecified atom stereocenters. The molecule has 1 N–H and O–H groups in total. The van der Waals surface area contributed by atoms with Crippen LogP contribution in [0.1, 0.15) is 30.9 Å². The van der Waals surface area contributed by atoms with Gasteiger partial charge in [0.05, 0.1) is 23.8 Å². The van der Waals surface area contributed by atoms with Gasteiger partial charge in [0.2, 0.25) is 0 Å². The smallest absolute Gasteiger partial charge is 0.263 e. The minimum Gasteiger partial charge on any atom is -0.263 e. The maximum Gasteiger partial charge on any atom is 0.312 e. The molecule has 2 aromatic carbocycles. The molecule has 1 amide bonds. The van der Waals surface area contributed by atoms with Crippen molar-refractivity contribution >= 4 is 52.1 Å². The van der Waals surface area contributed by atoms with Crippen LogP contribution in [-0.4, -0.2) is 36.3 Å². The van der Waals surface area contributed by atoms with Crippen molar-refractivity contribution in [2.24, 2.45) is 5.10 Å². The molecule has 4 rings (SSSR count). The molecule has 0 bridgehead atoms. The molecular formula is C21H22Cl3N4O+. The number of hydrazone groups is 1. The second-order valence-corrected chi connectivity index (χ2v) is 9.03. The number of quaternary nitrogens is 1. The molecular weight excluding hydrogens is 431 g/mol. The number of halogens is 3. The molecule has 5 nitrogen and oxygen atoms in total. The lowest BCUT2D eigenvalue weighted by atomic mass is 10.0. The van der Waals surface area contributed by atoms with Gasteiger partial charge in [0.15, 0.2) is 0 Å². The summed E-state index contributed by atoms with van der Waals surface area (Å²) in [7, 11) is 2.05. The Bertz CT molecular complexity index is 955. The zero-order valence-corrected chi connectivity index (χ0v) is 18.3. The third kappa shape index (κ3) is 4.38. The number of anilines is 1. The van der Waals surface area contributed by atoms with Crippen molar-refractivity contribution in [2.45, 2.75) is 25.3 Å². The molecule has 0 aromatic heterocycles.